The van der Waals surface area contributed by atoms with E-state index in [-0.39, 0.29) is 34.7 Å². The van der Waals surface area contributed by atoms with Gasteiger partial charge in [-0.05, 0) is 37.1 Å². The zero-order valence-corrected chi connectivity index (χ0v) is 23.3. The smallest absolute Gasteiger partial charge is 0.412 e. The van der Waals surface area contributed by atoms with Crippen molar-refractivity contribution >= 4 is 31.5 Å². The number of sulfone groups is 1. The van der Waals surface area contributed by atoms with Gasteiger partial charge in [0.2, 0.25) is 0 Å². The van der Waals surface area contributed by atoms with E-state index in [1.807, 2.05) is 13.8 Å². The summed E-state index contributed by atoms with van der Waals surface area (Å²) in [7, 11) is -4.43. The highest BCUT2D eigenvalue weighted by Crippen LogP contribution is 2.31. The summed E-state index contributed by atoms with van der Waals surface area (Å²) in [4.78, 5) is 28.6. The number of nitrogens with zero attached hydrogens (tertiary/aromatic N) is 2. The minimum atomic E-state index is -3.58. The molecule has 198 valence electrons. The van der Waals surface area contributed by atoms with Crippen molar-refractivity contribution in [2.75, 3.05) is 24.3 Å². The van der Waals surface area contributed by atoms with Crippen LogP contribution >= 0.6 is 0 Å². The minimum Gasteiger partial charge on any atom is -0.448 e. The molecule has 1 aromatic carbocycles. The summed E-state index contributed by atoms with van der Waals surface area (Å²) in [5.41, 5.74) is -1.33. The van der Waals surface area contributed by atoms with Crippen LogP contribution in [0.3, 0.4) is 0 Å². The second-order valence-electron chi connectivity index (χ2n) is 10.1. The maximum absolute atomic E-state index is 12.5. The predicted molar refractivity (Wildman–Crippen MR) is 135 cm³/mol. The second kappa shape index (κ2) is 11.2. The van der Waals surface area contributed by atoms with Gasteiger partial charge in [-0.2, -0.15) is 4.98 Å². The van der Waals surface area contributed by atoms with Gasteiger partial charge in [0.1, 0.15) is 18.0 Å². The molecule has 2 atom stereocenters. The molecule has 1 N–H and O–H groups in total. The van der Waals surface area contributed by atoms with Crippen LogP contribution in [-0.4, -0.2) is 64.7 Å². The first-order valence-corrected chi connectivity index (χ1v) is 14.4. The molecule has 1 aliphatic rings. The van der Waals surface area contributed by atoms with E-state index >= 15 is 0 Å². The van der Waals surface area contributed by atoms with Gasteiger partial charge in [0, 0.05) is 6.20 Å². The lowest BCUT2D eigenvalue weighted by molar-refractivity contribution is -0.168. The number of hydrogen-bond donors (Lipinski definition) is 1. The molecule has 2 heterocycles. The van der Waals surface area contributed by atoms with Gasteiger partial charge in [-0.25, -0.2) is 18.0 Å². The SMILES string of the molecule is CC(C)(C)[SiH2]OC(C)(C)C1OCC(n2ccc(NC(=O)OCCS(=O)(=O)c3ccccc3)nc2=O)O1. The lowest BCUT2D eigenvalue weighted by Crippen LogP contribution is -2.42. The van der Waals surface area contributed by atoms with E-state index < -0.39 is 49.5 Å². The number of nitrogens with one attached hydrogen (secondary N) is 1. The van der Waals surface area contributed by atoms with Crippen LogP contribution in [-0.2, 0) is 28.5 Å². The molecule has 1 aliphatic heterocycles. The Hall–Kier alpha value is -2.58. The molecule has 13 heteroatoms. The van der Waals surface area contributed by atoms with E-state index in [0.717, 1.165) is 0 Å². The van der Waals surface area contributed by atoms with Gasteiger partial charge in [0.15, 0.2) is 32.1 Å². The number of carbonyl (C=O) groups excluding carboxylic acids is 1. The molecule has 1 amide bonds. The zero-order chi connectivity index (χ0) is 26.6. The Bertz CT molecular complexity index is 1210. The van der Waals surface area contributed by atoms with Crippen molar-refractivity contribution < 1.29 is 31.8 Å². The Kier molecular flexibility index (Phi) is 8.72. The number of amides is 1. The topological polar surface area (TPSA) is 135 Å². The third-order valence-electron chi connectivity index (χ3n) is 5.17. The van der Waals surface area contributed by atoms with E-state index in [9.17, 15) is 18.0 Å². The maximum Gasteiger partial charge on any atom is 0.412 e. The summed E-state index contributed by atoms with van der Waals surface area (Å²) in [5, 5.41) is 2.43. The summed E-state index contributed by atoms with van der Waals surface area (Å²) in [5.74, 6) is -0.416. The van der Waals surface area contributed by atoms with Gasteiger partial charge in [0.05, 0.1) is 17.3 Å². The average molecular weight is 540 g/mol. The first kappa shape index (κ1) is 28.0. The van der Waals surface area contributed by atoms with Crippen LogP contribution in [0.5, 0.6) is 0 Å². The number of carbonyl (C=O) groups is 1. The van der Waals surface area contributed by atoms with E-state index in [0.29, 0.717) is 0 Å². The Morgan fingerprint density at radius 3 is 2.53 bits per heavy atom. The second-order valence-corrected chi connectivity index (χ2v) is 14.9. The molecule has 36 heavy (non-hydrogen) atoms. The fraction of sp³-hybridized carbons (Fsp3) is 0.522. The first-order valence-electron chi connectivity index (χ1n) is 11.5. The molecule has 11 nitrogen and oxygen atoms in total. The van der Waals surface area contributed by atoms with Gasteiger partial charge < -0.3 is 18.6 Å². The monoisotopic (exact) mass is 539 g/mol. The molecule has 0 aliphatic carbocycles. The molecule has 1 aromatic heterocycles. The summed E-state index contributed by atoms with van der Waals surface area (Å²) in [6, 6.07) is 9.28. The number of anilines is 1. The van der Waals surface area contributed by atoms with Crippen molar-refractivity contribution in [1.29, 1.82) is 0 Å². The molecule has 1 saturated heterocycles. The maximum atomic E-state index is 12.5. The van der Waals surface area contributed by atoms with Crippen molar-refractivity contribution in [3.8, 4) is 0 Å². The Balaban J connectivity index is 1.52. The summed E-state index contributed by atoms with van der Waals surface area (Å²) in [6.07, 6.45) is -0.841. The number of aromatic nitrogens is 2. The average Bonchev–Trinajstić information content (AvgIpc) is 3.29. The van der Waals surface area contributed by atoms with Crippen LogP contribution in [0.25, 0.3) is 0 Å². The van der Waals surface area contributed by atoms with Crippen LogP contribution in [0.4, 0.5) is 10.6 Å². The summed E-state index contributed by atoms with van der Waals surface area (Å²) in [6.45, 7) is 9.94. The van der Waals surface area contributed by atoms with Gasteiger partial charge in [-0.3, -0.25) is 9.88 Å². The van der Waals surface area contributed by atoms with Crippen LogP contribution in [0.2, 0.25) is 5.04 Å². The van der Waals surface area contributed by atoms with Gasteiger partial charge >= 0.3 is 11.8 Å². The number of hydrogen-bond acceptors (Lipinski definition) is 9. The highest BCUT2D eigenvalue weighted by Gasteiger charge is 2.40. The quantitative estimate of drug-likeness (QED) is 0.476. The zero-order valence-electron chi connectivity index (χ0n) is 21.1. The van der Waals surface area contributed by atoms with Crippen molar-refractivity contribution in [2.24, 2.45) is 0 Å². The normalized spacial score (nSPS) is 19.0. The standard InChI is InChI=1S/C23H33N3O8SSi/c1-22(2,3)36-34-23(4,5)19-32-15-18(33-19)26-12-11-17(24-20(26)27)25-21(28)31-13-14-35(29,30)16-9-7-6-8-10-16/h6-12,18-19H,13-15,36H2,1-5H3,(H,24,25,27,28). The van der Waals surface area contributed by atoms with Crippen LogP contribution in [0.15, 0.2) is 52.3 Å². The van der Waals surface area contributed by atoms with E-state index in [2.05, 4.69) is 31.1 Å². The van der Waals surface area contributed by atoms with Crippen molar-refractivity contribution in [3.63, 3.8) is 0 Å². The highest BCUT2D eigenvalue weighted by molar-refractivity contribution is 7.91. The Morgan fingerprint density at radius 2 is 1.89 bits per heavy atom. The number of ether oxygens (including phenoxy) is 3. The predicted octanol–water partition coefficient (Wildman–Crippen LogP) is 2.23. The largest absolute Gasteiger partial charge is 0.448 e. The molecular weight excluding hydrogens is 506 g/mol. The third kappa shape index (κ3) is 7.71. The Morgan fingerprint density at radius 1 is 1.19 bits per heavy atom. The lowest BCUT2D eigenvalue weighted by Gasteiger charge is -2.33. The lowest BCUT2D eigenvalue weighted by atomic mass is 10.1. The number of benzene rings is 1. The van der Waals surface area contributed by atoms with Gasteiger partial charge in [-0.15, -0.1) is 0 Å². The molecule has 0 radical (unpaired) electrons. The summed E-state index contributed by atoms with van der Waals surface area (Å²) < 4.78 is 48.5. The number of rotatable bonds is 9. The first-order chi connectivity index (χ1) is 16.8. The fourth-order valence-corrected chi connectivity index (χ4v) is 5.26. The highest BCUT2D eigenvalue weighted by atomic mass is 32.2. The Labute approximate surface area is 213 Å². The summed E-state index contributed by atoms with van der Waals surface area (Å²) >= 11 is 0. The van der Waals surface area contributed by atoms with E-state index in [1.165, 1.54) is 29.0 Å². The van der Waals surface area contributed by atoms with Crippen molar-refractivity contribution in [1.82, 2.24) is 9.55 Å². The molecule has 2 unspecified atom stereocenters. The molecule has 3 rings (SSSR count). The van der Waals surface area contributed by atoms with E-state index in [1.54, 1.807) is 18.2 Å². The molecule has 0 spiro atoms. The third-order valence-corrected chi connectivity index (χ3v) is 8.62. The molecule has 2 aromatic rings. The molecule has 0 bridgehead atoms. The van der Waals surface area contributed by atoms with Crippen molar-refractivity contribution in [3.05, 3.63) is 53.1 Å². The van der Waals surface area contributed by atoms with Crippen LogP contribution in [0, 0.1) is 0 Å². The van der Waals surface area contributed by atoms with E-state index in [4.69, 9.17) is 18.6 Å². The molecule has 1 fully saturated rings. The van der Waals surface area contributed by atoms with Gasteiger partial charge in [-0.1, -0.05) is 39.0 Å². The van der Waals surface area contributed by atoms with Crippen LogP contribution in [0.1, 0.15) is 40.8 Å². The fourth-order valence-electron chi connectivity index (χ4n) is 3.20. The minimum absolute atomic E-state index is 0.0394. The van der Waals surface area contributed by atoms with Gasteiger partial charge in [0.25, 0.3) is 0 Å². The van der Waals surface area contributed by atoms with Crippen molar-refractivity contribution in [2.45, 2.75) is 62.7 Å². The molecular formula is C23H33N3O8SSi. The molecule has 0 saturated carbocycles. The van der Waals surface area contributed by atoms with Crippen LogP contribution < -0.4 is 11.0 Å².